The molecule has 2 aromatic rings. The lowest BCUT2D eigenvalue weighted by Gasteiger charge is -2.16. The average Bonchev–Trinajstić information content (AvgIpc) is 2.83. The number of hydrogen-bond acceptors (Lipinski definition) is 4. The average molecular weight is 591 g/mol. The van der Waals surface area contributed by atoms with Crippen molar-refractivity contribution in [2.45, 2.75) is 50.6 Å². The number of nitrogens with one attached hydrogen (secondary N) is 1. The van der Waals surface area contributed by atoms with Gasteiger partial charge in [-0.25, -0.2) is 4.79 Å². The van der Waals surface area contributed by atoms with Crippen molar-refractivity contribution in [3.63, 3.8) is 0 Å². The van der Waals surface area contributed by atoms with Crippen molar-refractivity contribution >= 4 is 11.9 Å². The molecule has 0 saturated heterocycles. The van der Waals surface area contributed by atoms with Gasteiger partial charge in [0, 0.05) is 6.54 Å². The van der Waals surface area contributed by atoms with Gasteiger partial charge in [-0.15, -0.1) is 0 Å². The maximum atomic E-state index is 13.1. The number of benzene rings is 2. The minimum atomic E-state index is -5.08. The summed E-state index contributed by atoms with van der Waals surface area (Å²) in [5, 5.41) is 18.7. The Balaban J connectivity index is 0.00000101. The van der Waals surface area contributed by atoms with E-state index in [4.69, 9.17) is 19.7 Å². The van der Waals surface area contributed by atoms with Crippen LogP contribution in [0.1, 0.15) is 41.5 Å². The Labute approximate surface area is 222 Å². The van der Waals surface area contributed by atoms with Crippen LogP contribution in [-0.4, -0.2) is 48.0 Å². The summed E-state index contributed by atoms with van der Waals surface area (Å²) in [5.74, 6) is -3.10. The van der Waals surface area contributed by atoms with E-state index in [-0.39, 0.29) is 25.9 Å². The van der Waals surface area contributed by atoms with Gasteiger partial charge >= 0.3 is 30.5 Å². The summed E-state index contributed by atoms with van der Waals surface area (Å²) < 4.78 is 115. The van der Waals surface area contributed by atoms with Crippen molar-refractivity contribution in [1.82, 2.24) is 5.32 Å². The number of halogens is 9. The topological polar surface area (TPSA) is 95.9 Å². The lowest BCUT2D eigenvalue weighted by Crippen LogP contribution is -2.21. The minimum Gasteiger partial charge on any atom is -0.494 e. The number of ether oxygens (including phenoxy) is 1. The molecule has 0 unspecified atom stereocenters. The fraction of sp³-hybridized carbons (Fsp3) is 0.440. The molecular weight excluding hydrogens is 565 g/mol. The molecule has 3 N–H and O–H groups in total. The van der Waals surface area contributed by atoms with Gasteiger partial charge in [-0.1, -0.05) is 12.1 Å². The molecule has 0 saturated carbocycles. The molecule has 224 valence electrons. The molecule has 2 rings (SSSR count). The van der Waals surface area contributed by atoms with Crippen LogP contribution in [0.15, 0.2) is 42.5 Å². The first kappa shape index (κ1) is 34.5. The fourth-order valence-electron chi connectivity index (χ4n) is 3.20. The normalized spacial score (nSPS) is 11.9. The van der Waals surface area contributed by atoms with E-state index in [0.717, 1.165) is 18.4 Å². The van der Waals surface area contributed by atoms with Crippen LogP contribution in [0.5, 0.6) is 5.75 Å². The Morgan fingerprint density at radius 1 is 0.775 bits per heavy atom. The molecule has 0 aliphatic heterocycles. The summed E-state index contributed by atoms with van der Waals surface area (Å²) in [4.78, 5) is 19.3. The molecule has 2 aromatic carbocycles. The second-order valence-corrected chi connectivity index (χ2v) is 8.26. The molecule has 0 aliphatic rings. The molecular formula is C25H26F9NO5. The van der Waals surface area contributed by atoms with Gasteiger partial charge in [0.05, 0.1) is 24.2 Å². The molecule has 0 heterocycles. The van der Waals surface area contributed by atoms with Crippen molar-refractivity contribution in [2.24, 2.45) is 0 Å². The summed E-state index contributed by atoms with van der Waals surface area (Å²) in [5.41, 5.74) is -1.55. The molecule has 0 bridgehead atoms. The largest absolute Gasteiger partial charge is 0.494 e. The SMILES string of the molecule is O=C(O)C(F)(F)F.O=C(O)CCNCCCc1ccc(OCCCc2cc(C(F)(F)F)ccc2C(F)(F)F)cc1. The zero-order valence-corrected chi connectivity index (χ0v) is 20.7. The molecule has 40 heavy (non-hydrogen) atoms. The molecule has 15 heteroatoms. The third kappa shape index (κ3) is 13.5. The maximum Gasteiger partial charge on any atom is 0.490 e. The van der Waals surface area contributed by atoms with Gasteiger partial charge in [0.2, 0.25) is 0 Å². The third-order valence-electron chi connectivity index (χ3n) is 5.10. The monoisotopic (exact) mass is 591 g/mol. The van der Waals surface area contributed by atoms with Crippen LogP contribution in [0, 0.1) is 0 Å². The quantitative estimate of drug-likeness (QED) is 0.196. The van der Waals surface area contributed by atoms with Crippen LogP contribution in [0.25, 0.3) is 0 Å². The summed E-state index contributed by atoms with van der Waals surface area (Å²) in [6, 6.07) is 8.60. The van der Waals surface area contributed by atoms with Gasteiger partial charge in [-0.3, -0.25) is 4.79 Å². The lowest BCUT2D eigenvalue weighted by atomic mass is 9.99. The molecule has 0 spiro atoms. The zero-order valence-electron chi connectivity index (χ0n) is 20.7. The number of carboxylic acid groups (broad SMARTS) is 2. The van der Waals surface area contributed by atoms with Crippen molar-refractivity contribution in [2.75, 3.05) is 19.7 Å². The molecule has 0 fully saturated rings. The summed E-state index contributed by atoms with van der Waals surface area (Å²) >= 11 is 0. The predicted octanol–water partition coefficient (Wildman–Crippen LogP) is 6.37. The number of aliphatic carboxylic acids is 2. The number of hydrogen-bond donors (Lipinski definition) is 3. The smallest absolute Gasteiger partial charge is 0.490 e. The van der Waals surface area contributed by atoms with Crippen molar-refractivity contribution in [3.05, 3.63) is 64.7 Å². The number of carbonyl (C=O) groups is 2. The zero-order chi connectivity index (χ0) is 30.6. The van der Waals surface area contributed by atoms with Crippen molar-refractivity contribution < 1.29 is 64.1 Å². The van der Waals surface area contributed by atoms with Gasteiger partial charge in [-0.2, -0.15) is 39.5 Å². The van der Waals surface area contributed by atoms with Crippen LogP contribution < -0.4 is 10.1 Å². The van der Waals surface area contributed by atoms with Gasteiger partial charge in [0.15, 0.2) is 0 Å². The third-order valence-corrected chi connectivity index (χ3v) is 5.10. The molecule has 0 radical (unpaired) electrons. The van der Waals surface area contributed by atoms with E-state index in [0.29, 0.717) is 37.0 Å². The number of aryl methyl sites for hydroxylation is 2. The van der Waals surface area contributed by atoms with Gasteiger partial charge in [0.1, 0.15) is 5.75 Å². The van der Waals surface area contributed by atoms with Crippen LogP contribution >= 0.6 is 0 Å². The highest BCUT2D eigenvalue weighted by Gasteiger charge is 2.38. The molecule has 0 atom stereocenters. The number of rotatable bonds is 12. The van der Waals surface area contributed by atoms with E-state index in [1.165, 1.54) is 0 Å². The van der Waals surface area contributed by atoms with E-state index >= 15 is 0 Å². The second-order valence-electron chi connectivity index (χ2n) is 8.26. The first-order chi connectivity index (χ1) is 18.4. The van der Waals surface area contributed by atoms with Gasteiger partial charge in [0.25, 0.3) is 0 Å². The van der Waals surface area contributed by atoms with Crippen LogP contribution in [-0.2, 0) is 34.8 Å². The molecule has 6 nitrogen and oxygen atoms in total. The first-order valence-corrected chi connectivity index (χ1v) is 11.6. The first-order valence-electron chi connectivity index (χ1n) is 11.6. The predicted molar refractivity (Wildman–Crippen MR) is 124 cm³/mol. The maximum absolute atomic E-state index is 13.1. The van der Waals surface area contributed by atoms with Crippen molar-refractivity contribution in [3.8, 4) is 5.75 Å². The Bertz CT molecular complexity index is 1080. The van der Waals surface area contributed by atoms with E-state index < -0.39 is 47.2 Å². The Hall–Kier alpha value is -3.49. The lowest BCUT2D eigenvalue weighted by molar-refractivity contribution is -0.192. The number of alkyl halides is 9. The standard InChI is InChI=1S/C23H25F6NO3.C2HF3O2/c24-22(25,26)18-7-10-20(23(27,28)29)17(15-18)4-2-14-33-19-8-5-16(6-9-19)3-1-12-30-13-11-21(31)32;3-2(4,5)1(6)7/h5-10,15,30H,1-4,11-14H2,(H,31,32);(H,6,7). The number of carboxylic acids is 2. The summed E-state index contributed by atoms with van der Waals surface area (Å²) in [6.45, 7) is 1.15. The highest BCUT2D eigenvalue weighted by Crippen LogP contribution is 2.37. The molecule has 0 aromatic heterocycles. The highest BCUT2D eigenvalue weighted by atomic mass is 19.4. The van der Waals surface area contributed by atoms with E-state index in [9.17, 15) is 44.3 Å². The Morgan fingerprint density at radius 2 is 1.38 bits per heavy atom. The second kappa shape index (κ2) is 15.3. The van der Waals surface area contributed by atoms with E-state index in [2.05, 4.69) is 5.32 Å². The van der Waals surface area contributed by atoms with Gasteiger partial charge < -0.3 is 20.3 Å². The van der Waals surface area contributed by atoms with Crippen molar-refractivity contribution in [1.29, 1.82) is 0 Å². The van der Waals surface area contributed by atoms with E-state index in [1.54, 1.807) is 12.1 Å². The van der Waals surface area contributed by atoms with Crippen LogP contribution in [0.4, 0.5) is 39.5 Å². The molecule has 0 aliphatic carbocycles. The van der Waals surface area contributed by atoms with Crippen LogP contribution in [0.3, 0.4) is 0 Å². The minimum absolute atomic E-state index is 0.0559. The Kier molecular flexibility index (Phi) is 13.2. The highest BCUT2D eigenvalue weighted by molar-refractivity contribution is 5.73. The van der Waals surface area contributed by atoms with Gasteiger partial charge in [-0.05, 0) is 73.7 Å². The molecule has 0 amide bonds. The Morgan fingerprint density at radius 3 is 1.88 bits per heavy atom. The van der Waals surface area contributed by atoms with E-state index in [1.807, 2.05) is 12.1 Å². The summed E-state index contributed by atoms with van der Waals surface area (Å²) in [7, 11) is 0. The summed E-state index contributed by atoms with van der Waals surface area (Å²) in [6.07, 6.45) is -13.0. The van der Waals surface area contributed by atoms with Crippen LogP contribution in [0.2, 0.25) is 0 Å². The fourth-order valence-corrected chi connectivity index (χ4v) is 3.20.